The molecule has 0 aromatic carbocycles. The van der Waals surface area contributed by atoms with E-state index in [1.165, 1.54) is 6.92 Å². The van der Waals surface area contributed by atoms with Crippen LogP contribution in [0.2, 0.25) is 5.82 Å². The van der Waals surface area contributed by atoms with Gasteiger partial charge >= 0.3 is 11.9 Å². The molecule has 0 fully saturated rings. The number of carboxylic acid groups (broad SMARTS) is 1. The number of aliphatic carboxylic acids is 1. The Labute approximate surface area is 107 Å². The van der Waals surface area contributed by atoms with Crippen LogP contribution in [-0.4, -0.2) is 49.1 Å². The van der Waals surface area contributed by atoms with Gasteiger partial charge in [-0.15, -0.1) is 0 Å². The van der Waals surface area contributed by atoms with E-state index in [9.17, 15) is 9.59 Å². The predicted molar refractivity (Wildman–Crippen MR) is 65.1 cm³/mol. The Balaban J connectivity index is 4.15. The molecule has 18 heavy (non-hydrogen) atoms. The summed E-state index contributed by atoms with van der Waals surface area (Å²) in [7, 11) is -0.0208. The molecule has 3 atom stereocenters. The van der Waals surface area contributed by atoms with E-state index in [0.717, 1.165) is 0 Å². The van der Waals surface area contributed by atoms with Crippen LogP contribution in [-0.2, 0) is 19.0 Å². The molecule has 0 rings (SSSR count). The van der Waals surface area contributed by atoms with Crippen molar-refractivity contribution in [3.8, 4) is 0 Å². The normalized spacial score (nSPS) is 15.6. The molecule has 104 valence electrons. The van der Waals surface area contributed by atoms with Gasteiger partial charge in [0, 0.05) is 0 Å². The predicted octanol–water partition coefficient (Wildman–Crippen LogP) is -0.906. The maximum atomic E-state index is 11.6. The molecular weight excluding hydrogens is 241 g/mol. The zero-order valence-electron chi connectivity index (χ0n) is 10.7. The highest BCUT2D eigenvalue weighted by Crippen LogP contribution is 2.13. The third-order valence-electron chi connectivity index (χ3n) is 2.41. The van der Waals surface area contributed by atoms with Crippen LogP contribution in [0.3, 0.4) is 0 Å². The average molecular weight is 261 g/mol. The van der Waals surface area contributed by atoms with E-state index in [1.54, 1.807) is 6.92 Å². The molecule has 0 aliphatic heterocycles. The molecule has 0 aliphatic carbocycles. The van der Waals surface area contributed by atoms with Gasteiger partial charge < -0.3 is 25.3 Å². The van der Waals surface area contributed by atoms with Crippen LogP contribution in [0, 0.1) is 5.92 Å². The van der Waals surface area contributed by atoms with Gasteiger partial charge in [-0.1, -0.05) is 6.92 Å². The van der Waals surface area contributed by atoms with Gasteiger partial charge in [0.05, 0.1) is 31.2 Å². The number of rotatable bonds is 9. The number of carbonyl (C=O) groups excluding carboxylic acids is 1. The standard InChI is InChI=1S/C10H20BNO6/c1-6(9(14)15)3-7(2)18-10(16)8(4-13)11-17-5-12/h6-8,11,13H,3-5,12H2,1-2H3,(H,14,15)/t6-,7?,8+/m1/s1. The summed E-state index contributed by atoms with van der Waals surface area (Å²) in [4.78, 5) is 22.2. The van der Waals surface area contributed by atoms with Crippen molar-refractivity contribution in [3.05, 3.63) is 0 Å². The fraction of sp³-hybridized carbons (Fsp3) is 0.800. The molecule has 0 heterocycles. The number of ether oxygens (including phenoxy) is 1. The SMILES string of the molecule is CC(C[C@@H](C)C(=O)O)OC(=O)[C@@H](BOCN)CO. The van der Waals surface area contributed by atoms with E-state index < -0.39 is 36.4 Å². The van der Waals surface area contributed by atoms with Crippen molar-refractivity contribution < 1.29 is 29.2 Å². The first-order valence-corrected chi connectivity index (χ1v) is 5.74. The highest BCUT2D eigenvalue weighted by Gasteiger charge is 2.24. The molecule has 0 bridgehead atoms. The van der Waals surface area contributed by atoms with Crippen molar-refractivity contribution in [3.63, 3.8) is 0 Å². The van der Waals surface area contributed by atoms with Crippen molar-refractivity contribution >= 4 is 19.4 Å². The Kier molecular flexibility index (Phi) is 8.35. The molecule has 0 aromatic rings. The van der Waals surface area contributed by atoms with Gasteiger partial charge in [-0.3, -0.25) is 9.59 Å². The largest absolute Gasteiger partial charge is 0.481 e. The molecule has 8 heteroatoms. The number of carbonyl (C=O) groups is 2. The Morgan fingerprint density at radius 1 is 1.39 bits per heavy atom. The summed E-state index contributed by atoms with van der Waals surface area (Å²) in [6.45, 7) is 2.69. The van der Waals surface area contributed by atoms with Gasteiger partial charge in [-0.25, -0.2) is 0 Å². The van der Waals surface area contributed by atoms with E-state index in [2.05, 4.69) is 0 Å². The third kappa shape index (κ3) is 6.58. The van der Waals surface area contributed by atoms with E-state index >= 15 is 0 Å². The van der Waals surface area contributed by atoms with Crippen LogP contribution >= 0.6 is 0 Å². The summed E-state index contributed by atoms with van der Waals surface area (Å²) in [5, 5.41) is 17.7. The van der Waals surface area contributed by atoms with E-state index in [4.69, 9.17) is 25.3 Å². The van der Waals surface area contributed by atoms with E-state index in [1.807, 2.05) is 0 Å². The first kappa shape index (κ1) is 16.9. The number of carboxylic acids is 1. The zero-order chi connectivity index (χ0) is 14.1. The first-order valence-electron chi connectivity index (χ1n) is 5.74. The van der Waals surface area contributed by atoms with Gasteiger partial charge in [0.2, 0.25) is 0 Å². The minimum absolute atomic E-state index is 0.0208. The van der Waals surface area contributed by atoms with Crippen molar-refractivity contribution in [2.75, 3.05) is 13.3 Å². The molecule has 7 nitrogen and oxygen atoms in total. The molecule has 1 unspecified atom stereocenters. The van der Waals surface area contributed by atoms with Crippen molar-refractivity contribution in [2.45, 2.75) is 32.2 Å². The number of hydrogen-bond acceptors (Lipinski definition) is 6. The number of aliphatic hydroxyl groups excluding tert-OH is 1. The minimum atomic E-state index is -0.942. The van der Waals surface area contributed by atoms with Crippen LogP contribution in [0.5, 0.6) is 0 Å². The van der Waals surface area contributed by atoms with E-state index in [-0.39, 0.29) is 20.6 Å². The maximum absolute atomic E-state index is 11.6. The Hall–Kier alpha value is -1.12. The Morgan fingerprint density at radius 2 is 2.00 bits per heavy atom. The van der Waals surface area contributed by atoms with E-state index in [0.29, 0.717) is 0 Å². The molecule has 0 amide bonds. The summed E-state index contributed by atoms with van der Waals surface area (Å²) in [5.41, 5.74) is 5.11. The van der Waals surface area contributed by atoms with Gasteiger partial charge in [0.25, 0.3) is 7.48 Å². The molecule has 0 saturated carbocycles. The van der Waals surface area contributed by atoms with Gasteiger partial charge in [-0.2, -0.15) is 0 Å². The molecule has 0 aliphatic rings. The number of esters is 1. The number of nitrogens with two attached hydrogens (primary N) is 1. The van der Waals surface area contributed by atoms with Crippen LogP contribution in [0.25, 0.3) is 0 Å². The summed E-state index contributed by atoms with van der Waals surface area (Å²) in [5.74, 6) is -2.95. The average Bonchev–Trinajstić information content (AvgIpc) is 2.29. The fourth-order valence-corrected chi connectivity index (χ4v) is 1.35. The third-order valence-corrected chi connectivity index (χ3v) is 2.41. The molecule has 0 aromatic heterocycles. The van der Waals surface area contributed by atoms with Crippen LogP contribution < -0.4 is 5.73 Å². The van der Waals surface area contributed by atoms with Gasteiger partial charge in [-0.05, 0) is 13.3 Å². The lowest BCUT2D eigenvalue weighted by Gasteiger charge is -2.18. The quantitative estimate of drug-likeness (QED) is 0.279. The second kappa shape index (κ2) is 8.90. The summed E-state index contributed by atoms with van der Waals surface area (Å²) in [6, 6.07) is 0. The molecule has 0 saturated heterocycles. The zero-order valence-corrected chi connectivity index (χ0v) is 10.7. The second-order valence-corrected chi connectivity index (χ2v) is 4.14. The monoisotopic (exact) mass is 261 g/mol. The summed E-state index contributed by atoms with van der Waals surface area (Å²) in [6.07, 6.45) is -0.313. The van der Waals surface area contributed by atoms with Crippen molar-refractivity contribution in [2.24, 2.45) is 11.7 Å². The highest BCUT2D eigenvalue weighted by atomic mass is 16.5. The summed E-state index contributed by atoms with van der Waals surface area (Å²) < 4.78 is 9.87. The lowest BCUT2D eigenvalue weighted by Crippen LogP contribution is -2.28. The van der Waals surface area contributed by atoms with Crippen molar-refractivity contribution in [1.82, 2.24) is 0 Å². The molecule has 0 radical (unpaired) electrons. The number of hydrogen-bond donors (Lipinski definition) is 3. The topological polar surface area (TPSA) is 119 Å². The Bertz CT molecular complexity index is 275. The van der Waals surface area contributed by atoms with Crippen LogP contribution in [0.15, 0.2) is 0 Å². The minimum Gasteiger partial charge on any atom is -0.481 e. The fourth-order valence-electron chi connectivity index (χ4n) is 1.35. The van der Waals surface area contributed by atoms with Gasteiger partial charge in [0.1, 0.15) is 0 Å². The highest BCUT2D eigenvalue weighted by molar-refractivity contribution is 6.36. The van der Waals surface area contributed by atoms with Crippen LogP contribution in [0.1, 0.15) is 20.3 Å². The summed E-state index contributed by atoms with van der Waals surface area (Å²) >= 11 is 0. The molecular formula is C10H20BNO6. The van der Waals surface area contributed by atoms with Gasteiger partial charge in [0.15, 0.2) is 0 Å². The smallest absolute Gasteiger partial charge is 0.306 e. The Morgan fingerprint density at radius 3 is 2.44 bits per heavy atom. The lowest BCUT2D eigenvalue weighted by molar-refractivity contribution is -0.152. The lowest BCUT2D eigenvalue weighted by atomic mass is 9.80. The second-order valence-electron chi connectivity index (χ2n) is 4.14. The number of aliphatic hydroxyl groups is 1. The van der Waals surface area contributed by atoms with Crippen LogP contribution in [0.4, 0.5) is 0 Å². The maximum Gasteiger partial charge on any atom is 0.306 e. The molecule has 0 spiro atoms. The van der Waals surface area contributed by atoms with Crippen molar-refractivity contribution in [1.29, 1.82) is 0 Å². The first-order chi connectivity index (χ1) is 8.42. The molecule has 4 N–H and O–H groups in total.